The van der Waals surface area contributed by atoms with Gasteiger partial charge in [-0.05, 0) is 24.3 Å². The Bertz CT molecular complexity index is 1140. The van der Waals surface area contributed by atoms with Gasteiger partial charge in [-0.3, -0.25) is 14.3 Å². The van der Waals surface area contributed by atoms with Crippen LogP contribution in [0.1, 0.15) is 5.89 Å². The summed E-state index contributed by atoms with van der Waals surface area (Å²) in [6, 6.07) is 10.4. The quantitative estimate of drug-likeness (QED) is 0.604. The number of aryl methyl sites for hydroxylation is 1. The second-order valence-corrected chi connectivity index (χ2v) is 5.43. The van der Waals surface area contributed by atoms with Crippen molar-refractivity contribution in [1.82, 2.24) is 24.7 Å². The minimum absolute atomic E-state index is 0.150. The molecule has 8 heteroatoms. The number of aromatic amines is 1. The van der Waals surface area contributed by atoms with Crippen LogP contribution in [-0.4, -0.2) is 24.7 Å². The highest BCUT2D eigenvalue weighted by Crippen LogP contribution is 2.14. The molecule has 4 aromatic rings. The van der Waals surface area contributed by atoms with Gasteiger partial charge in [-0.1, -0.05) is 17.3 Å². The summed E-state index contributed by atoms with van der Waals surface area (Å²) in [6.07, 6.45) is 3.55. The van der Waals surface area contributed by atoms with Gasteiger partial charge in [0.25, 0.3) is 5.56 Å². The van der Waals surface area contributed by atoms with Gasteiger partial charge in [0.2, 0.25) is 11.7 Å². The molecule has 1 N–H and O–H groups in total. The van der Waals surface area contributed by atoms with E-state index in [4.69, 9.17) is 4.52 Å². The summed E-state index contributed by atoms with van der Waals surface area (Å²) in [4.78, 5) is 35.5. The van der Waals surface area contributed by atoms with E-state index in [1.807, 2.05) is 0 Å². The fourth-order valence-corrected chi connectivity index (χ4v) is 2.58. The molecule has 0 radical (unpaired) electrons. The lowest BCUT2D eigenvalue weighted by Gasteiger charge is -2.04. The van der Waals surface area contributed by atoms with E-state index in [-0.39, 0.29) is 18.5 Å². The average Bonchev–Trinajstić information content (AvgIpc) is 3.11. The Morgan fingerprint density at radius 2 is 1.88 bits per heavy atom. The monoisotopic (exact) mass is 335 g/mol. The molecule has 25 heavy (non-hydrogen) atoms. The zero-order valence-corrected chi connectivity index (χ0v) is 13.0. The SMILES string of the molecule is O=c1[nH]c2ccccc2c(=O)n1CCc1nc(-c2ccncc2)no1. The second kappa shape index (κ2) is 6.16. The number of pyridine rings is 1. The van der Waals surface area contributed by atoms with Gasteiger partial charge in [0.1, 0.15) is 0 Å². The molecule has 0 aliphatic heterocycles. The van der Waals surface area contributed by atoms with Crippen molar-refractivity contribution in [2.75, 3.05) is 0 Å². The van der Waals surface area contributed by atoms with Gasteiger partial charge in [-0.2, -0.15) is 4.98 Å². The van der Waals surface area contributed by atoms with Crippen LogP contribution in [0.15, 0.2) is 62.9 Å². The predicted octanol–water partition coefficient (Wildman–Crippen LogP) is 1.38. The number of H-pyrrole nitrogens is 1. The standard InChI is InChI=1S/C17H13N5O3/c23-16-12-3-1-2-4-13(12)19-17(24)22(16)10-7-14-20-15(21-25-14)11-5-8-18-9-6-11/h1-6,8-9H,7,10H2,(H,19,24). The van der Waals surface area contributed by atoms with Gasteiger partial charge in [0.15, 0.2) is 0 Å². The van der Waals surface area contributed by atoms with E-state index in [9.17, 15) is 9.59 Å². The molecule has 0 aliphatic carbocycles. The highest BCUT2D eigenvalue weighted by atomic mass is 16.5. The molecule has 0 unspecified atom stereocenters. The smallest absolute Gasteiger partial charge is 0.328 e. The van der Waals surface area contributed by atoms with Gasteiger partial charge in [-0.25, -0.2) is 4.79 Å². The number of nitrogens with zero attached hydrogens (tertiary/aromatic N) is 4. The number of hydrogen-bond donors (Lipinski definition) is 1. The third-order valence-corrected chi connectivity index (χ3v) is 3.85. The highest BCUT2D eigenvalue weighted by Gasteiger charge is 2.11. The van der Waals surface area contributed by atoms with Crippen molar-refractivity contribution in [3.8, 4) is 11.4 Å². The van der Waals surface area contributed by atoms with Gasteiger partial charge >= 0.3 is 5.69 Å². The molecule has 3 heterocycles. The van der Waals surface area contributed by atoms with Crippen LogP contribution in [0.2, 0.25) is 0 Å². The molecule has 0 atom stereocenters. The Kier molecular flexibility index (Phi) is 3.70. The van der Waals surface area contributed by atoms with E-state index in [1.54, 1.807) is 48.8 Å². The van der Waals surface area contributed by atoms with Crippen molar-refractivity contribution in [3.05, 3.63) is 75.5 Å². The third kappa shape index (κ3) is 2.85. The molecule has 1 aromatic carbocycles. The van der Waals surface area contributed by atoms with Crippen molar-refractivity contribution < 1.29 is 4.52 Å². The predicted molar refractivity (Wildman–Crippen MR) is 90.1 cm³/mol. The Hall–Kier alpha value is -3.55. The van der Waals surface area contributed by atoms with E-state index in [1.165, 1.54) is 0 Å². The maximum atomic E-state index is 12.5. The first-order chi connectivity index (χ1) is 12.2. The molecule has 0 amide bonds. The molecular weight excluding hydrogens is 322 g/mol. The van der Waals surface area contributed by atoms with Crippen molar-refractivity contribution >= 4 is 10.9 Å². The van der Waals surface area contributed by atoms with Crippen LogP contribution in [0.4, 0.5) is 0 Å². The molecule has 0 bridgehead atoms. The number of fused-ring (bicyclic) bond motifs is 1. The number of para-hydroxylation sites is 1. The van der Waals surface area contributed by atoms with Gasteiger partial charge in [-0.15, -0.1) is 0 Å². The van der Waals surface area contributed by atoms with Crippen molar-refractivity contribution in [3.63, 3.8) is 0 Å². The van der Waals surface area contributed by atoms with Crippen molar-refractivity contribution in [1.29, 1.82) is 0 Å². The topological polar surface area (TPSA) is 107 Å². The fraction of sp³-hybridized carbons (Fsp3) is 0.118. The van der Waals surface area contributed by atoms with Crippen LogP contribution in [0.3, 0.4) is 0 Å². The molecule has 4 rings (SSSR count). The molecular formula is C17H13N5O3. The first-order valence-corrected chi connectivity index (χ1v) is 7.67. The third-order valence-electron chi connectivity index (χ3n) is 3.85. The molecule has 0 spiro atoms. The number of hydrogen-bond acceptors (Lipinski definition) is 6. The Morgan fingerprint density at radius 1 is 1.08 bits per heavy atom. The van der Waals surface area contributed by atoms with Gasteiger partial charge < -0.3 is 9.51 Å². The molecule has 0 aliphatic rings. The average molecular weight is 335 g/mol. The van der Waals surface area contributed by atoms with Gasteiger partial charge in [0, 0.05) is 30.9 Å². The lowest BCUT2D eigenvalue weighted by molar-refractivity contribution is 0.370. The van der Waals surface area contributed by atoms with Crippen LogP contribution >= 0.6 is 0 Å². The first kappa shape index (κ1) is 15.0. The Labute approximate surface area is 140 Å². The van der Waals surface area contributed by atoms with E-state index in [0.717, 1.165) is 10.1 Å². The number of rotatable bonds is 4. The molecule has 0 saturated carbocycles. The summed E-state index contributed by atoms with van der Waals surface area (Å²) in [5, 5.41) is 4.37. The second-order valence-electron chi connectivity index (χ2n) is 5.43. The lowest BCUT2D eigenvalue weighted by atomic mass is 10.2. The Morgan fingerprint density at radius 3 is 2.72 bits per heavy atom. The van der Waals surface area contributed by atoms with Crippen LogP contribution in [0.5, 0.6) is 0 Å². The van der Waals surface area contributed by atoms with E-state index < -0.39 is 5.69 Å². The summed E-state index contributed by atoms with van der Waals surface area (Å²) in [5.74, 6) is 0.795. The zero-order valence-electron chi connectivity index (χ0n) is 13.0. The molecule has 0 saturated heterocycles. The van der Waals surface area contributed by atoms with Crippen LogP contribution in [0, 0.1) is 0 Å². The Balaban J connectivity index is 1.60. The molecule has 8 nitrogen and oxygen atoms in total. The summed E-state index contributed by atoms with van der Waals surface area (Å²) in [5.41, 5.74) is 0.503. The summed E-state index contributed by atoms with van der Waals surface area (Å²) >= 11 is 0. The summed E-state index contributed by atoms with van der Waals surface area (Å²) in [7, 11) is 0. The molecule has 0 fully saturated rings. The number of aromatic nitrogens is 5. The summed E-state index contributed by atoms with van der Waals surface area (Å²) in [6.45, 7) is 0.150. The number of nitrogens with one attached hydrogen (secondary N) is 1. The van der Waals surface area contributed by atoms with Crippen molar-refractivity contribution in [2.45, 2.75) is 13.0 Å². The number of benzene rings is 1. The molecule has 124 valence electrons. The van der Waals surface area contributed by atoms with Crippen LogP contribution in [-0.2, 0) is 13.0 Å². The van der Waals surface area contributed by atoms with Gasteiger partial charge in [0.05, 0.1) is 10.9 Å². The van der Waals surface area contributed by atoms with E-state index in [0.29, 0.717) is 22.6 Å². The van der Waals surface area contributed by atoms with Crippen molar-refractivity contribution in [2.24, 2.45) is 0 Å². The van der Waals surface area contributed by atoms with Crippen LogP contribution in [0.25, 0.3) is 22.3 Å². The first-order valence-electron chi connectivity index (χ1n) is 7.67. The van der Waals surface area contributed by atoms with E-state index >= 15 is 0 Å². The lowest BCUT2D eigenvalue weighted by Crippen LogP contribution is -2.35. The largest absolute Gasteiger partial charge is 0.339 e. The van der Waals surface area contributed by atoms with Crippen LogP contribution < -0.4 is 11.2 Å². The fourth-order valence-electron chi connectivity index (χ4n) is 2.58. The highest BCUT2D eigenvalue weighted by molar-refractivity contribution is 5.76. The maximum absolute atomic E-state index is 12.5. The maximum Gasteiger partial charge on any atom is 0.328 e. The van der Waals surface area contributed by atoms with E-state index in [2.05, 4.69) is 20.1 Å². The minimum atomic E-state index is -0.461. The normalized spacial score (nSPS) is 11.0. The summed E-state index contributed by atoms with van der Waals surface area (Å²) < 4.78 is 6.34. The zero-order chi connectivity index (χ0) is 17.2. The molecule has 3 aromatic heterocycles. The minimum Gasteiger partial charge on any atom is -0.339 e.